The van der Waals surface area contributed by atoms with Gasteiger partial charge in [0.1, 0.15) is 0 Å². The first-order chi connectivity index (χ1) is 9.66. The van der Waals surface area contributed by atoms with Gasteiger partial charge in [0, 0.05) is 29.1 Å². The Kier molecular flexibility index (Phi) is 3.36. The summed E-state index contributed by atoms with van der Waals surface area (Å²) in [5.74, 6) is 0.737. The van der Waals surface area contributed by atoms with E-state index < -0.39 is 6.03 Å². The molecule has 1 fully saturated rings. The van der Waals surface area contributed by atoms with Crippen LogP contribution >= 0.6 is 0 Å². The number of nitrogens with one attached hydrogen (secondary N) is 2. The van der Waals surface area contributed by atoms with Crippen LogP contribution in [0.25, 0.3) is 10.9 Å². The zero-order chi connectivity index (χ0) is 14.1. The van der Waals surface area contributed by atoms with Crippen molar-refractivity contribution in [2.45, 2.75) is 31.2 Å². The molecule has 5 nitrogen and oxygen atoms in total. The zero-order valence-corrected chi connectivity index (χ0v) is 11.4. The van der Waals surface area contributed by atoms with E-state index in [4.69, 9.17) is 4.79 Å². The Hall–Kier alpha value is -2.01. The average molecular weight is 272 g/mol. The van der Waals surface area contributed by atoms with Crippen LogP contribution in [0.3, 0.4) is 0 Å². The lowest BCUT2D eigenvalue weighted by Crippen LogP contribution is -2.43. The van der Waals surface area contributed by atoms with E-state index in [0.717, 1.165) is 5.92 Å². The molecule has 0 bridgehead atoms. The molecule has 1 saturated heterocycles. The first-order valence-electron chi connectivity index (χ1n) is 7.04. The Labute approximate surface area is 117 Å². The number of amides is 2. The summed E-state index contributed by atoms with van der Waals surface area (Å²) in [5, 5.41) is 5.19. The van der Waals surface area contributed by atoms with Crippen molar-refractivity contribution in [2.24, 2.45) is 11.5 Å². The van der Waals surface area contributed by atoms with Crippen LogP contribution in [-0.4, -0.2) is 23.6 Å². The minimum absolute atomic E-state index is 0.669. The molecule has 20 heavy (non-hydrogen) atoms. The number of aromatic amines is 1. The van der Waals surface area contributed by atoms with Crippen molar-refractivity contribution in [1.82, 2.24) is 10.3 Å². The van der Waals surface area contributed by atoms with Crippen LogP contribution < -0.4 is 16.8 Å². The van der Waals surface area contributed by atoms with Gasteiger partial charge < -0.3 is 21.8 Å². The van der Waals surface area contributed by atoms with Gasteiger partial charge in [-0.1, -0.05) is 12.1 Å². The minimum atomic E-state index is -0.833. The number of H-pyrrole nitrogens is 1. The molecule has 0 unspecified atom stereocenters. The first kappa shape index (κ1) is 13.0. The Morgan fingerprint density at radius 1 is 1.30 bits per heavy atom. The number of fused-ring (bicyclic) bond motifs is 2. The molecule has 106 valence electrons. The number of rotatable bonds is 0. The monoisotopic (exact) mass is 272 g/mol. The molecule has 0 saturated carbocycles. The normalized spacial score (nSPS) is 23.6. The smallest absolute Gasteiger partial charge is 0.309 e. The van der Waals surface area contributed by atoms with E-state index in [1.807, 2.05) is 0 Å². The van der Waals surface area contributed by atoms with E-state index in [0.29, 0.717) is 6.04 Å². The molecule has 1 aromatic carbocycles. The number of hydrogen-bond acceptors (Lipinski definition) is 2. The van der Waals surface area contributed by atoms with Crippen molar-refractivity contribution in [3.8, 4) is 0 Å². The van der Waals surface area contributed by atoms with Gasteiger partial charge in [-0.25, -0.2) is 4.79 Å². The second-order valence-corrected chi connectivity index (χ2v) is 5.50. The van der Waals surface area contributed by atoms with Crippen molar-refractivity contribution >= 4 is 16.9 Å². The van der Waals surface area contributed by atoms with Gasteiger partial charge in [0.2, 0.25) is 0 Å². The summed E-state index contributed by atoms with van der Waals surface area (Å²) in [6.45, 7) is 1.19. The van der Waals surface area contributed by atoms with Gasteiger partial charge in [-0.15, -0.1) is 0 Å². The molecule has 2 amide bonds. The number of benzene rings is 1. The molecule has 2 heterocycles. The molecule has 2 aromatic rings. The first-order valence-corrected chi connectivity index (χ1v) is 7.04. The second-order valence-electron chi connectivity index (χ2n) is 5.50. The van der Waals surface area contributed by atoms with Crippen LogP contribution in [0, 0.1) is 0 Å². The summed E-state index contributed by atoms with van der Waals surface area (Å²) >= 11 is 0. The second kappa shape index (κ2) is 5.17. The summed E-state index contributed by atoms with van der Waals surface area (Å²) in [6.07, 6.45) is 6.06. The summed E-state index contributed by atoms with van der Waals surface area (Å²) in [6, 6.07) is 6.54. The number of urea groups is 1. The molecule has 0 radical (unpaired) electrons. The molecular weight excluding hydrogens is 252 g/mol. The van der Waals surface area contributed by atoms with Gasteiger partial charge in [-0.2, -0.15) is 0 Å². The maximum absolute atomic E-state index is 9.00. The highest BCUT2D eigenvalue weighted by molar-refractivity contribution is 5.88. The number of carbonyl (C=O) groups excluding carboxylic acids is 1. The molecule has 5 heteroatoms. The van der Waals surface area contributed by atoms with Gasteiger partial charge in [-0.05, 0) is 43.0 Å². The highest BCUT2D eigenvalue weighted by atomic mass is 16.2. The fourth-order valence-corrected chi connectivity index (χ4v) is 3.53. The highest BCUT2D eigenvalue weighted by Crippen LogP contribution is 2.40. The summed E-state index contributed by atoms with van der Waals surface area (Å²) in [4.78, 5) is 12.4. The Morgan fingerprint density at radius 3 is 2.90 bits per heavy atom. The van der Waals surface area contributed by atoms with Crippen molar-refractivity contribution in [3.05, 3.63) is 35.5 Å². The van der Waals surface area contributed by atoms with E-state index in [-0.39, 0.29) is 0 Å². The minimum Gasteiger partial charge on any atom is -0.361 e. The molecule has 6 N–H and O–H groups in total. The number of hydrogen-bond donors (Lipinski definition) is 4. The Balaban J connectivity index is 0.000000272. The van der Waals surface area contributed by atoms with Crippen LogP contribution in [0.4, 0.5) is 4.79 Å². The van der Waals surface area contributed by atoms with Gasteiger partial charge in [-0.3, -0.25) is 0 Å². The number of primary amides is 2. The molecule has 2 aliphatic rings. The molecule has 1 aromatic heterocycles. The topological polar surface area (TPSA) is 96.9 Å². The van der Waals surface area contributed by atoms with E-state index in [1.54, 1.807) is 5.56 Å². The van der Waals surface area contributed by atoms with Crippen LogP contribution in [0.15, 0.2) is 24.4 Å². The van der Waals surface area contributed by atoms with E-state index >= 15 is 0 Å². The summed E-state index contributed by atoms with van der Waals surface area (Å²) in [5.41, 5.74) is 12.9. The SMILES string of the molecule is NC(N)=O.c1cc2c3c(c[nH]c3c1)C[C@H]1NCCC[C@H]21. The lowest BCUT2D eigenvalue weighted by molar-refractivity contribution is 0.256. The highest BCUT2D eigenvalue weighted by Gasteiger charge is 2.32. The molecule has 0 spiro atoms. The third kappa shape index (κ3) is 2.25. The third-order valence-electron chi connectivity index (χ3n) is 4.24. The quantitative estimate of drug-likeness (QED) is 0.585. The van der Waals surface area contributed by atoms with Crippen LogP contribution in [0.5, 0.6) is 0 Å². The predicted octanol–water partition coefficient (Wildman–Crippen LogP) is 1.58. The summed E-state index contributed by atoms with van der Waals surface area (Å²) < 4.78 is 0. The maximum atomic E-state index is 9.00. The van der Waals surface area contributed by atoms with Crippen LogP contribution in [-0.2, 0) is 6.42 Å². The summed E-state index contributed by atoms with van der Waals surface area (Å²) in [7, 11) is 0. The fraction of sp³-hybridized carbons (Fsp3) is 0.400. The maximum Gasteiger partial charge on any atom is 0.309 e. The fourth-order valence-electron chi connectivity index (χ4n) is 3.53. The van der Waals surface area contributed by atoms with Crippen molar-refractivity contribution in [2.75, 3.05) is 6.54 Å². The predicted molar refractivity (Wildman–Crippen MR) is 79.5 cm³/mol. The number of carbonyl (C=O) groups is 1. The van der Waals surface area contributed by atoms with Gasteiger partial charge >= 0.3 is 6.03 Å². The molecule has 1 aliphatic heterocycles. The van der Waals surface area contributed by atoms with Crippen molar-refractivity contribution in [1.29, 1.82) is 0 Å². The largest absolute Gasteiger partial charge is 0.361 e. The Morgan fingerprint density at radius 2 is 2.10 bits per heavy atom. The van der Waals surface area contributed by atoms with Crippen molar-refractivity contribution < 1.29 is 4.79 Å². The van der Waals surface area contributed by atoms with Crippen LogP contribution in [0.2, 0.25) is 0 Å². The molecular formula is C15H20N4O. The van der Waals surface area contributed by atoms with Crippen LogP contribution in [0.1, 0.15) is 29.9 Å². The standard InChI is InChI=1S/C14H16N2.CH4N2O/c1-3-11-10-4-2-6-15-13(10)7-9-8-16-12(5-1)14(9)11;2-1(3)4/h1,3,5,8,10,13,15-16H,2,4,6-7H2;(H4,2,3,4)/t10-,13-;/m1./s1. The van der Waals surface area contributed by atoms with E-state index in [2.05, 4.69) is 46.2 Å². The van der Waals surface area contributed by atoms with Gasteiger partial charge in [0.25, 0.3) is 0 Å². The number of aromatic nitrogens is 1. The molecule has 2 atom stereocenters. The molecule has 4 rings (SSSR count). The van der Waals surface area contributed by atoms with Gasteiger partial charge in [0.15, 0.2) is 0 Å². The van der Waals surface area contributed by atoms with Gasteiger partial charge in [0.05, 0.1) is 0 Å². The lowest BCUT2D eigenvalue weighted by atomic mass is 9.76. The van der Waals surface area contributed by atoms with E-state index in [9.17, 15) is 0 Å². The lowest BCUT2D eigenvalue weighted by Gasteiger charge is -2.36. The van der Waals surface area contributed by atoms with E-state index in [1.165, 1.54) is 42.3 Å². The zero-order valence-electron chi connectivity index (χ0n) is 11.4. The number of piperidine rings is 1. The van der Waals surface area contributed by atoms with Crippen molar-refractivity contribution in [3.63, 3.8) is 0 Å². The molecule has 1 aliphatic carbocycles. The Bertz CT molecular complexity index is 630. The average Bonchev–Trinajstić information content (AvgIpc) is 2.83. The third-order valence-corrected chi connectivity index (χ3v) is 4.24. The number of nitrogens with two attached hydrogens (primary N) is 2.